The number of hydrogen-bond acceptors (Lipinski definition) is 2. The number of carbonyl (C=O) groups is 1. The average Bonchev–Trinajstić information content (AvgIpc) is 1.88. The number of allylic oxidation sites excluding steroid dienone is 1. The number of ketones is 1. The number of rotatable bonds is 1. The van der Waals surface area contributed by atoms with Crippen molar-refractivity contribution >= 4 is 12.0 Å². The average molecular weight is 137 g/mol. The molecule has 1 heterocycles. The third-order valence-corrected chi connectivity index (χ3v) is 1.76. The molecule has 0 fully saturated rings. The van der Waals surface area contributed by atoms with Crippen LogP contribution in [0.1, 0.15) is 13.8 Å². The molecule has 0 radical (unpaired) electrons. The third kappa shape index (κ3) is 1.32. The number of nitrogens with zero attached hydrogens (tertiary/aromatic N) is 1. The molecule has 10 heavy (non-hydrogen) atoms. The maximum atomic E-state index is 10.9. The van der Waals surface area contributed by atoms with Gasteiger partial charge in [-0.25, -0.2) is 0 Å². The second-order valence-electron chi connectivity index (χ2n) is 2.64. The third-order valence-electron chi connectivity index (χ3n) is 1.76. The normalized spacial score (nSPS) is 30.6. The van der Waals surface area contributed by atoms with Crippen molar-refractivity contribution in [3.63, 3.8) is 0 Å². The molecule has 0 N–H and O–H groups in total. The van der Waals surface area contributed by atoms with E-state index in [1.807, 2.05) is 13.0 Å². The fraction of sp³-hybridized carbons (Fsp3) is 0.500. The van der Waals surface area contributed by atoms with Crippen LogP contribution in [0.5, 0.6) is 0 Å². The molecule has 2 unspecified atom stereocenters. The zero-order chi connectivity index (χ0) is 7.56. The summed E-state index contributed by atoms with van der Waals surface area (Å²) in [5.74, 6) is 0.514. The van der Waals surface area contributed by atoms with Crippen LogP contribution in [0.2, 0.25) is 0 Å². The molecule has 0 saturated carbocycles. The van der Waals surface area contributed by atoms with Crippen molar-refractivity contribution in [3.05, 3.63) is 12.3 Å². The van der Waals surface area contributed by atoms with Crippen LogP contribution in [-0.4, -0.2) is 12.0 Å². The first kappa shape index (κ1) is 7.19. The quantitative estimate of drug-likeness (QED) is 0.537. The topological polar surface area (TPSA) is 29.4 Å². The van der Waals surface area contributed by atoms with Gasteiger partial charge in [-0.05, 0) is 12.8 Å². The Morgan fingerprint density at radius 2 is 2.30 bits per heavy atom. The van der Waals surface area contributed by atoms with E-state index in [1.165, 1.54) is 0 Å². The molecule has 0 bridgehead atoms. The van der Waals surface area contributed by atoms with E-state index in [1.54, 1.807) is 19.3 Å². The van der Waals surface area contributed by atoms with Crippen molar-refractivity contribution in [2.75, 3.05) is 0 Å². The standard InChI is InChI=1S/C8H11NO/c1-6-3-4-9-5-8(6)7(2)10/h3-6,8H,1-2H3. The van der Waals surface area contributed by atoms with Crippen LogP contribution in [0.3, 0.4) is 0 Å². The lowest BCUT2D eigenvalue weighted by Gasteiger charge is -2.15. The minimum Gasteiger partial charge on any atom is -0.299 e. The van der Waals surface area contributed by atoms with Gasteiger partial charge in [0.1, 0.15) is 5.78 Å². The van der Waals surface area contributed by atoms with Gasteiger partial charge in [-0.1, -0.05) is 13.0 Å². The highest BCUT2D eigenvalue weighted by Gasteiger charge is 2.18. The summed E-state index contributed by atoms with van der Waals surface area (Å²) in [5, 5.41) is 0. The first-order valence-corrected chi connectivity index (χ1v) is 3.42. The van der Waals surface area contributed by atoms with Crippen LogP contribution in [0, 0.1) is 11.8 Å². The van der Waals surface area contributed by atoms with Gasteiger partial charge in [0.15, 0.2) is 0 Å². The van der Waals surface area contributed by atoms with Gasteiger partial charge in [0.05, 0.1) is 5.92 Å². The number of aliphatic imine (C=N–C) groups is 1. The SMILES string of the molecule is CC(=O)C1C=NC=CC1C. The Labute approximate surface area is 60.7 Å². The summed E-state index contributed by atoms with van der Waals surface area (Å²) in [6.45, 7) is 3.63. The molecule has 0 amide bonds. The predicted octanol–water partition coefficient (Wildman–Crippen LogP) is 1.43. The molecule has 0 aromatic heterocycles. The number of hydrogen-bond donors (Lipinski definition) is 0. The van der Waals surface area contributed by atoms with Crippen LogP contribution in [0.15, 0.2) is 17.3 Å². The Morgan fingerprint density at radius 3 is 2.70 bits per heavy atom. The molecule has 2 nitrogen and oxygen atoms in total. The maximum absolute atomic E-state index is 10.9. The van der Waals surface area contributed by atoms with Gasteiger partial charge >= 0.3 is 0 Å². The van der Waals surface area contributed by atoms with Gasteiger partial charge < -0.3 is 0 Å². The van der Waals surface area contributed by atoms with Gasteiger partial charge in [0.25, 0.3) is 0 Å². The molecule has 2 atom stereocenters. The largest absolute Gasteiger partial charge is 0.299 e. The van der Waals surface area contributed by atoms with Crippen LogP contribution in [0.25, 0.3) is 0 Å². The van der Waals surface area contributed by atoms with Crippen molar-refractivity contribution in [2.24, 2.45) is 16.8 Å². The first-order chi connectivity index (χ1) is 4.72. The summed E-state index contributed by atoms with van der Waals surface area (Å²) in [4.78, 5) is 14.8. The second kappa shape index (κ2) is 2.78. The molecule has 0 aliphatic carbocycles. The van der Waals surface area contributed by atoms with E-state index in [4.69, 9.17) is 0 Å². The zero-order valence-corrected chi connectivity index (χ0v) is 6.24. The van der Waals surface area contributed by atoms with E-state index >= 15 is 0 Å². The molecular weight excluding hydrogens is 126 g/mol. The van der Waals surface area contributed by atoms with E-state index in [2.05, 4.69) is 4.99 Å². The van der Waals surface area contributed by atoms with E-state index in [0.717, 1.165) is 0 Å². The van der Waals surface area contributed by atoms with E-state index in [-0.39, 0.29) is 11.7 Å². The summed E-state index contributed by atoms with van der Waals surface area (Å²) in [6.07, 6.45) is 5.41. The summed E-state index contributed by atoms with van der Waals surface area (Å²) >= 11 is 0. The maximum Gasteiger partial charge on any atom is 0.138 e. The van der Waals surface area contributed by atoms with Crippen molar-refractivity contribution in [2.45, 2.75) is 13.8 Å². The fourth-order valence-corrected chi connectivity index (χ4v) is 1.06. The van der Waals surface area contributed by atoms with Crippen LogP contribution in [0.4, 0.5) is 0 Å². The smallest absolute Gasteiger partial charge is 0.138 e. The molecule has 0 spiro atoms. The molecule has 2 heteroatoms. The highest BCUT2D eigenvalue weighted by Crippen LogP contribution is 2.15. The second-order valence-corrected chi connectivity index (χ2v) is 2.64. The lowest BCUT2D eigenvalue weighted by Crippen LogP contribution is -2.21. The van der Waals surface area contributed by atoms with Crippen LogP contribution in [-0.2, 0) is 4.79 Å². The molecule has 0 saturated heterocycles. The predicted molar refractivity (Wildman–Crippen MR) is 41.0 cm³/mol. The van der Waals surface area contributed by atoms with Crippen LogP contribution < -0.4 is 0 Å². The van der Waals surface area contributed by atoms with Gasteiger partial charge in [0.2, 0.25) is 0 Å². The molecule has 1 rings (SSSR count). The lowest BCUT2D eigenvalue weighted by molar-refractivity contribution is -0.119. The van der Waals surface area contributed by atoms with Crippen LogP contribution >= 0.6 is 0 Å². The molecule has 1 aliphatic rings. The Kier molecular flexibility index (Phi) is 2.00. The number of Topliss-reactive ketones (excluding diaryl/α,β-unsaturated/α-hetero) is 1. The van der Waals surface area contributed by atoms with Gasteiger partial charge in [-0.2, -0.15) is 0 Å². The van der Waals surface area contributed by atoms with Gasteiger partial charge in [-0.15, -0.1) is 0 Å². The lowest BCUT2D eigenvalue weighted by atomic mass is 9.91. The zero-order valence-electron chi connectivity index (χ0n) is 6.24. The van der Waals surface area contributed by atoms with E-state index in [0.29, 0.717) is 5.92 Å². The minimum atomic E-state index is 0.00463. The van der Waals surface area contributed by atoms with Crippen molar-refractivity contribution in [1.29, 1.82) is 0 Å². The fourth-order valence-electron chi connectivity index (χ4n) is 1.06. The summed E-state index contributed by atoms with van der Waals surface area (Å²) < 4.78 is 0. The highest BCUT2D eigenvalue weighted by molar-refractivity contribution is 5.94. The Bertz CT molecular complexity index is 193. The summed E-state index contributed by atoms with van der Waals surface area (Å²) in [7, 11) is 0. The van der Waals surface area contributed by atoms with E-state index in [9.17, 15) is 4.79 Å². The minimum absolute atomic E-state index is 0.00463. The first-order valence-electron chi connectivity index (χ1n) is 3.42. The molecule has 0 aromatic rings. The molecule has 54 valence electrons. The van der Waals surface area contributed by atoms with Gasteiger partial charge in [-0.3, -0.25) is 9.79 Å². The molecule has 0 aromatic carbocycles. The van der Waals surface area contributed by atoms with Gasteiger partial charge in [0, 0.05) is 12.4 Å². The Morgan fingerprint density at radius 1 is 1.60 bits per heavy atom. The summed E-state index contributed by atoms with van der Waals surface area (Å²) in [6, 6.07) is 0. The van der Waals surface area contributed by atoms with E-state index < -0.39 is 0 Å². The van der Waals surface area contributed by atoms with Crippen molar-refractivity contribution in [3.8, 4) is 0 Å². The Balaban J connectivity index is 2.70. The van der Waals surface area contributed by atoms with Crippen molar-refractivity contribution < 1.29 is 4.79 Å². The summed E-state index contributed by atoms with van der Waals surface area (Å²) in [5.41, 5.74) is 0. The molecular formula is C8H11NO. The van der Waals surface area contributed by atoms with Crippen molar-refractivity contribution in [1.82, 2.24) is 0 Å². The Hall–Kier alpha value is -0.920. The highest BCUT2D eigenvalue weighted by atomic mass is 16.1. The monoisotopic (exact) mass is 137 g/mol. The molecule has 1 aliphatic heterocycles. The number of carbonyl (C=O) groups excluding carboxylic acids is 1.